The monoisotopic (exact) mass is 184 g/mol. The van der Waals surface area contributed by atoms with Crippen molar-refractivity contribution in [3.63, 3.8) is 0 Å². The third kappa shape index (κ3) is 3.28. The molecular weight excluding hydrogens is 160 g/mol. The van der Waals surface area contributed by atoms with Gasteiger partial charge in [-0.3, -0.25) is 4.90 Å². The van der Waals surface area contributed by atoms with Crippen LogP contribution in [0.4, 0.5) is 0 Å². The van der Waals surface area contributed by atoms with E-state index in [1.165, 1.54) is 39.0 Å². The van der Waals surface area contributed by atoms with Gasteiger partial charge < -0.3 is 5.32 Å². The van der Waals surface area contributed by atoms with Crippen LogP contribution in [0.2, 0.25) is 0 Å². The van der Waals surface area contributed by atoms with Crippen molar-refractivity contribution in [2.24, 2.45) is 5.92 Å². The molecule has 2 nitrogen and oxygen atoms in total. The number of nitrogens with one attached hydrogen (secondary N) is 1. The van der Waals surface area contributed by atoms with E-state index in [-0.39, 0.29) is 0 Å². The summed E-state index contributed by atoms with van der Waals surface area (Å²) >= 11 is 0. The van der Waals surface area contributed by atoms with Crippen molar-refractivity contribution in [3.05, 3.63) is 0 Å². The quantitative estimate of drug-likeness (QED) is 0.715. The molecule has 0 spiro atoms. The van der Waals surface area contributed by atoms with Crippen LogP contribution in [-0.2, 0) is 0 Å². The van der Waals surface area contributed by atoms with Crippen LogP contribution >= 0.6 is 0 Å². The highest BCUT2D eigenvalue weighted by Gasteiger charge is 2.22. The summed E-state index contributed by atoms with van der Waals surface area (Å²) in [5, 5.41) is 3.52. The molecule has 1 rings (SSSR count). The number of nitrogens with zero attached hydrogens (tertiary/aromatic N) is 1. The summed E-state index contributed by atoms with van der Waals surface area (Å²) < 4.78 is 0. The number of piperidine rings is 1. The van der Waals surface area contributed by atoms with Gasteiger partial charge in [-0.2, -0.15) is 0 Å². The second-order valence-corrected chi connectivity index (χ2v) is 4.28. The predicted molar refractivity (Wildman–Crippen MR) is 58.0 cm³/mol. The van der Waals surface area contributed by atoms with E-state index >= 15 is 0 Å². The first-order chi connectivity index (χ1) is 6.27. The van der Waals surface area contributed by atoms with Crippen LogP contribution in [0.3, 0.4) is 0 Å². The molecule has 0 bridgehead atoms. The maximum atomic E-state index is 3.52. The molecule has 0 aromatic heterocycles. The molecule has 13 heavy (non-hydrogen) atoms. The Kier molecular flexibility index (Phi) is 4.74. The Morgan fingerprint density at radius 2 is 2.08 bits per heavy atom. The zero-order valence-electron chi connectivity index (χ0n) is 9.34. The van der Waals surface area contributed by atoms with Gasteiger partial charge in [-0.1, -0.05) is 20.8 Å². The molecule has 1 heterocycles. The van der Waals surface area contributed by atoms with Gasteiger partial charge in [0.05, 0.1) is 0 Å². The number of likely N-dealkylation sites (N-methyl/N-ethyl adjacent to an activating group) is 1. The van der Waals surface area contributed by atoms with Gasteiger partial charge in [0.25, 0.3) is 0 Å². The lowest BCUT2D eigenvalue weighted by molar-refractivity contribution is 0.152. The summed E-state index contributed by atoms with van der Waals surface area (Å²) in [5.74, 6) is 0.852. The Bertz CT molecular complexity index is 136. The minimum Gasteiger partial charge on any atom is -0.315 e. The van der Waals surface area contributed by atoms with E-state index in [1.54, 1.807) is 0 Å². The maximum Gasteiger partial charge on any atom is 0.0223 e. The second-order valence-electron chi connectivity index (χ2n) is 4.28. The zero-order chi connectivity index (χ0) is 9.68. The SMILES string of the molecule is CCCN(CC)C1CNCC(C)C1. The van der Waals surface area contributed by atoms with E-state index in [0.717, 1.165) is 12.0 Å². The van der Waals surface area contributed by atoms with Crippen molar-refractivity contribution in [2.45, 2.75) is 39.7 Å². The molecule has 0 amide bonds. The van der Waals surface area contributed by atoms with E-state index in [4.69, 9.17) is 0 Å². The topological polar surface area (TPSA) is 15.3 Å². The molecule has 0 radical (unpaired) electrons. The van der Waals surface area contributed by atoms with Crippen molar-refractivity contribution >= 4 is 0 Å². The van der Waals surface area contributed by atoms with E-state index in [1.807, 2.05) is 0 Å². The van der Waals surface area contributed by atoms with Crippen LogP contribution < -0.4 is 5.32 Å². The molecule has 1 saturated heterocycles. The summed E-state index contributed by atoms with van der Waals surface area (Å²) in [5.41, 5.74) is 0. The summed E-state index contributed by atoms with van der Waals surface area (Å²) in [6, 6.07) is 0.786. The summed E-state index contributed by atoms with van der Waals surface area (Å²) in [7, 11) is 0. The number of hydrogen-bond acceptors (Lipinski definition) is 2. The molecule has 1 N–H and O–H groups in total. The normalized spacial score (nSPS) is 29.5. The lowest BCUT2D eigenvalue weighted by Crippen LogP contribution is -2.48. The molecule has 1 aliphatic heterocycles. The average Bonchev–Trinajstić information content (AvgIpc) is 2.14. The summed E-state index contributed by atoms with van der Waals surface area (Å²) in [6.07, 6.45) is 2.65. The average molecular weight is 184 g/mol. The van der Waals surface area contributed by atoms with Gasteiger partial charge >= 0.3 is 0 Å². The first-order valence-corrected chi connectivity index (χ1v) is 5.72. The summed E-state index contributed by atoms with van der Waals surface area (Å²) in [6.45, 7) is 11.7. The molecule has 2 unspecified atom stereocenters. The van der Waals surface area contributed by atoms with Crippen molar-refractivity contribution in [3.8, 4) is 0 Å². The zero-order valence-corrected chi connectivity index (χ0v) is 9.34. The molecule has 1 aliphatic rings. The van der Waals surface area contributed by atoms with Crippen LogP contribution in [0.5, 0.6) is 0 Å². The van der Waals surface area contributed by atoms with Gasteiger partial charge in [0, 0.05) is 12.6 Å². The Morgan fingerprint density at radius 3 is 2.62 bits per heavy atom. The fourth-order valence-corrected chi connectivity index (χ4v) is 2.29. The van der Waals surface area contributed by atoms with Crippen LogP contribution in [-0.4, -0.2) is 37.1 Å². The van der Waals surface area contributed by atoms with Gasteiger partial charge in [-0.25, -0.2) is 0 Å². The Hall–Kier alpha value is -0.0800. The Balaban J connectivity index is 2.37. The summed E-state index contributed by atoms with van der Waals surface area (Å²) in [4.78, 5) is 2.61. The standard InChI is InChI=1S/C11H24N2/c1-4-6-13(5-2)11-7-10(3)8-12-9-11/h10-12H,4-9H2,1-3H3. The second kappa shape index (κ2) is 5.61. The van der Waals surface area contributed by atoms with Crippen molar-refractivity contribution in [1.82, 2.24) is 10.2 Å². The molecule has 1 fully saturated rings. The van der Waals surface area contributed by atoms with Crippen molar-refractivity contribution < 1.29 is 0 Å². The first-order valence-electron chi connectivity index (χ1n) is 5.72. The molecule has 78 valence electrons. The molecule has 0 aromatic rings. The highest BCUT2D eigenvalue weighted by atomic mass is 15.2. The van der Waals surface area contributed by atoms with Gasteiger partial charge in [-0.15, -0.1) is 0 Å². The lowest BCUT2D eigenvalue weighted by atomic mass is 9.96. The smallest absolute Gasteiger partial charge is 0.0223 e. The predicted octanol–water partition coefficient (Wildman–Crippen LogP) is 1.72. The van der Waals surface area contributed by atoms with E-state index in [2.05, 4.69) is 31.0 Å². The Labute approximate surface area is 82.7 Å². The molecule has 0 saturated carbocycles. The molecule has 2 heteroatoms. The van der Waals surface area contributed by atoms with Crippen LogP contribution in [0, 0.1) is 5.92 Å². The van der Waals surface area contributed by atoms with Gasteiger partial charge in [0.1, 0.15) is 0 Å². The van der Waals surface area contributed by atoms with E-state index in [0.29, 0.717) is 0 Å². The Morgan fingerprint density at radius 1 is 1.31 bits per heavy atom. The lowest BCUT2D eigenvalue weighted by Gasteiger charge is -2.36. The third-order valence-electron chi connectivity index (χ3n) is 2.98. The molecule has 0 aromatic carbocycles. The van der Waals surface area contributed by atoms with E-state index in [9.17, 15) is 0 Å². The molecular formula is C11H24N2. The highest BCUT2D eigenvalue weighted by molar-refractivity contribution is 4.80. The van der Waals surface area contributed by atoms with Crippen molar-refractivity contribution in [2.75, 3.05) is 26.2 Å². The van der Waals surface area contributed by atoms with Crippen molar-refractivity contribution in [1.29, 1.82) is 0 Å². The minimum absolute atomic E-state index is 0.786. The largest absolute Gasteiger partial charge is 0.315 e. The van der Waals surface area contributed by atoms with Gasteiger partial charge in [0.15, 0.2) is 0 Å². The highest BCUT2D eigenvalue weighted by Crippen LogP contribution is 2.15. The number of hydrogen-bond donors (Lipinski definition) is 1. The van der Waals surface area contributed by atoms with Crippen LogP contribution in [0.15, 0.2) is 0 Å². The maximum absolute atomic E-state index is 3.52. The van der Waals surface area contributed by atoms with Crippen LogP contribution in [0.1, 0.15) is 33.6 Å². The fourth-order valence-electron chi connectivity index (χ4n) is 2.29. The van der Waals surface area contributed by atoms with Crippen LogP contribution in [0.25, 0.3) is 0 Å². The van der Waals surface area contributed by atoms with Gasteiger partial charge in [-0.05, 0) is 38.4 Å². The number of rotatable bonds is 4. The van der Waals surface area contributed by atoms with E-state index < -0.39 is 0 Å². The minimum atomic E-state index is 0.786. The molecule has 0 aliphatic carbocycles. The fraction of sp³-hybridized carbons (Fsp3) is 1.00. The molecule has 2 atom stereocenters. The first kappa shape index (κ1) is 11.0. The third-order valence-corrected chi connectivity index (χ3v) is 2.98. The van der Waals surface area contributed by atoms with Gasteiger partial charge in [0.2, 0.25) is 0 Å².